The van der Waals surface area contributed by atoms with Crippen molar-refractivity contribution in [1.29, 1.82) is 0 Å². The van der Waals surface area contributed by atoms with E-state index < -0.39 is 0 Å². The van der Waals surface area contributed by atoms with Gasteiger partial charge in [-0.3, -0.25) is 14.4 Å². The van der Waals surface area contributed by atoms with E-state index in [2.05, 4.69) is 22.1 Å². The Labute approximate surface area is 124 Å². The summed E-state index contributed by atoms with van der Waals surface area (Å²) in [5.41, 5.74) is 2.16. The highest BCUT2D eigenvalue weighted by Crippen LogP contribution is 2.29. The number of carbonyl (C=O) groups excluding carboxylic acids is 1. The van der Waals surface area contributed by atoms with Crippen LogP contribution < -0.4 is 0 Å². The number of benzene rings is 1. The largest absolute Gasteiger partial charge is 0.465 e. The number of ether oxygens (including phenoxy) is 1. The molecule has 0 N–H and O–H groups in total. The molecule has 1 aliphatic rings. The molecule has 5 nitrogen and oxygen atoms in total. The molecule has 1 aliphatic carbocycles. The SMILES string of the molecule is CCOC(=O)CN(Cc1nn(C)c2ccccc12)C1CC1. The number of hydrogen-bond acceptors (Lipinski definition) is 4. The number of para-hydroxylation sites is 1. The molecule has 21 heavy (non-hydrogen) atoms. The lowest BCUT2D eigenvalue weighted by Gasteiger charge is -2.19. The van der Waals surface area contributed by atoms with E-state index in [0.29, 0.717) is 25.7 Å². The normalized spacial score (nSPS) is 14.8. The fraction of sp³-hybridized carbons (Fsp3) is 0.500. The average molecular weight is 287 g/mol. The van der Waals surface area contributed by atoms with E-state index in [4.69, 9.17) is 4.74 Å². The molecule has 1 saturated carbocycles. The number of hydrogen-bond donors (Lipinski definition) is 0. The van der Waals surface area contributed by atoms with Crippen molar-refractivity contribution in [2.45, 2.75) is 32.4 Å². The molecule has 5 heteroatoms. The molecule has 0 unspecified atom stereocenters. The van der Waals surface area contributed by atoms with E-state index in [1.165, 1.54) is 0 Å². The summed E-state index contributed by atoms with van der Waals surface area (Å²) in [6, 6.07) is 8.70. The minimum absolute atomic E-state index is 0.148. The standard InChI is InChI=1S/C16H21N3O2/c1-3-21-16(20)11-19(12-8-9-12)10-14-13-6-4-5-7-15(13)18(2)17-14/h4-7,12H,3,8-11H2,1-2H3. The van der Waals surface area contributed by atoms with Crippen LogP contribution in [0.4, 0.5) is 0 Å². The van der Waals surface area contributed by atoms with E-state index in [1.807, 2.05) is 30.8 Å². The Morgan fingerprint density at radius 2 is 2.19 bits per heavy atom. The second kappa shape index (κ2) is 5.85. The summed E-state index contributed by atoms with van der Waals surface area (Å²) in [5.74, 6) is -0.148. The van der Waals surface area contributed by atoms with Crippen LogP contribution in [-0.4, -0.2) is 39.8 Å². The van der Waals surface area contributed by atoms with Crippen LogP contribution in [0.2, 0.25) is 0 Å². The van der Waals surface area contributed by atoms with Crippen LogP contribution in [0.1, 0.15) is 25.5 Å². The Morgan fingerprint density at radius 1 is 1.43 bits per heavy atom. The molecule has 1 aromatic carbocycles. The Kier molecular flexibility index (Phi) is 3.92. The van der Waals surface area contributed by atoms with Crippen molar-refractivity contribution in [3.63, 3.8) is 0 Å². The van der Waals surface area contributed by atoms with E-state index in [0.717, 1.165) is 29.4 Å². The van der Waals surface area contributed by atoms with Gasteiger partial charge in [-0.25, -0.2) is 0 Å². The van der Waals surface area contributed by atoms with E-state index in [9.17, 15) is 4.79 Å². The molecule has 0 amide bonds. The van der Waals surface area contributed by atoms with Crippen LogP contribution in [0.5, 0.6) is 0 Å². The second-order valence-electron chi connectivity index (χ2n) is 5.53. The van der Waals surface area contributed by atoms with E-state index in [-0.39, 0.29) is 5.97 Å². The third kappa shape index (κ3) is 3.08. The third-order valence-electron chi connectivity index (χ3n) is 3.89. The quantitative estimate of drug-likeness (QED) is 0.763. The van der Waals surface area contributed by atoms with Gasteiger partial charge in [-0.05, 0) is 25.8 Å². The third-order valence-corrected chi connectivity index (χ3v) is 3.89. The number of aryl methyl sites for hydroxylation is 1. The number of fused-ring (bicyclic) bond motifs is 1. The maximum absolute atomic E-state index is 11.8. The first-order valence-corrected chi connectivity index (χ1v) is 7.49. The van der Waals surface area contributed by atoms with Crippen molar-refractivity contribution < 1.29 is 9.53 Å². The van der Waals surface area contributed by atoms with Gasteiger partial charge in [0.05, 0.1) is 24.4 Å². The predicted molar refractivity (Wildman–Crippen MR) is 80.8 cm³/mol. The van der Waals surface area contributed by atoms with Gasteiger partial charge in [0.15, 0.2) is 0 Å². The van der Waals surface area contributed by atoms with Crippen LogP contribution in [0.15, 0.2) is 24.3 Å². The Hall–Kier alpha value is -1.88. The first kappa shape index (κ1) is 14.1. The monoisotopic (exact) mass is 287 g/mol. The highest BCUT2D eigenvalue weighted by molar-refractivity contribution is 5.81. The lowest BCUT2D eigenvalue weighted by Crippen LogP contribution is -2.32. The number of rotatable bonds is 6. The van der Waals surface area contributed by atoms with Crippen LogP contribution in [0.25, 0.3) is 10.9 Å². The molecule has 0 saturated heterocycles. The number of nitrogens with zero attached hydrogens (tertiary/aromatic N) is 3. The first-order valence-electron chi connectivity index (χ1n) is 7.49. The highest BCUT2D eigenvalue weighted by atomic mass is 16.5. The van der Waals surface area contributed by atoms with Crippen LogP contribution in [0.3, 0.4) is 0 Å². The van der Waals surface area contributed by atoms with Crippen molar-refractivity contribution in [2.24, 2.45) is 7.05 Å². The van der Waals surface area contributed by atoms with Crippen molar-refractivity contribution in [2.75, 3.05) is 13.2 Å². The molecule has 1 fully saturated rings. The van der Waals surface area contributed by atoms with Gasteiger partial charge < -0.3 is 4.74 Å². The molecule has 0 radical (unpaired) electrons. The molecular formula is C16H21N3O2. The summed E-state index contributed by atoms with van der Waals surface area (Å²) in [6.45, 7) is 3.32. The maximum atomic E-state index is 11.8. The minimum Gasteiger partial charge on any atom is -0.465 e. The van der Waals surface area contributed by atoms with Gasteiger partial charge in [-0.1, -0.05) is 18.2 Å². The first-order chi connectivity index (χ1) is 10.2. The van der Waals surface area contributed by atoms with Gasteiger partial charge >= 0.3 is 5.97 Å². The molecule has 0 spiro atoms. The molecule has 0 aliphatic heterocycles. The van der Waals surface area contributed by atoms with Crippen LogP contribution in [0, 0.1) is 0 Å². The van der Waals surface area contributed by atoms with Crippen molar-refractivity contribution in [3.05, 3.63) is 30.0 Å². The fourth-order valence-corrected chi connectivity index (χ4v) is 2.72. The van der Waals surface area contributed by atoms with Crippen LogP contribution in [-0.2, 0) is 23.1 Å². The maximum Gasteiger partial charge on any atom is 0.320 e. The second-order valence-corrected chi connectivity index (χ2v) is 5.53. The molecule has 1 heterocycles. The zero-order valence-electron chi connectivity index (χ0n) is 12.6. The van der Waals surface area contributed by atoms with Gasteiger partial charge in [0.2, 0.25) is 0 Å². The topological polar surface area (TPSA) is 47.4 Å². The zero-order chi connectivity index (χ0) is 14.8. The van der Waals surface area contributed by atoms with Crippen molar-refractivity contribution >= 4 is 16.9 Å². The predicted octanol–water partition coefficient (Wildman–Crippen LogP) is 2.10. The molecule has 1 aromatic heterocycles. The van der Waals surface area contributed by atoms with Gasteiger partial charge in [0.1, 0.15) is 0 Å². The molecule has 112 valence electrons. The molecule has 0 atom stereocenters. The van der Waals surface area contributed by atoms with Gasteiger partial charge in [-0.15, -0.1) is 0 Å². The molecule has 2 aromatic rings. The number of aromatic nitrogens is 2. The Bertz CT molecular complexity index is 646. The number of esters is 1. The fourth-order valence-electron chi connectivity index (χ4n) is 2.72. The number of carbonyl (C=O) groups is 1. The van der Waals surface area contributed by atoms with Gasteiger partial charge in [0.25, 0.3) is 0 Å². The van der Waals surface area contributed by atoms with Crippen molar-refractivity contribution in [1.82, 2.24) is 14.7 Å². The highest BCUT2D eigenvalue weighted by Gasteiger charge is 2.31. The van der Waals surface area contributed by atoms with Gasteiger partial charge in [-0.2, -0.15) is 5.10 Å². The Balaban J connectivity index is 1.80. The molecule has 0 bridgehead atoms. The molecule has 3 rings (SSSR count). The average Bonchev–Trinajstić information content (AvgIpc) is 3.26. The van der Waals surface area contributed by atoms with Gasteiger partial charge in [0, 0.05) is 25.0 Å². The summed E-state index contributed by atoms with van der Waals surface area (Å²) in [6.07, 6.45) is 2.31. The summed E-state index contributed by atoms with van der Waals surface area (Å²) in [5, 5.41) is 5.78. The van der Waals surface area contributed by atoms with E-state index in [1.54, 1.807) is 0 Å². The van der Waals surface area contributed by atoms with Crippen LogP contribution >= 0.6 is 0 Å². The Morgan fingerprint density at radius 3 is 2.90 bits per heavy atom. The van der Waals surface area contributed by atoms with E-state index >= 15 is 0 Å². The van der Waals surface area contributed by atoms with Crippen molar-refractivity contribution in [3.8, 4) is 0 Å². The summed E-state index contributed by atoms with van der Waals surface area (Å²) < 4.78 is 6.98. The summed E-state index contributed by atoms with van der Waals surface area (Å²) >= 11 is 0. The minimum atomic E-state index is -0.148. The zero-order valence-corrected chi connectivity index (χ0v) is 12.6. The summed E-state index contributed by atoms with van der Waals surface area (Å²) in [7, 11) is 1.96. The lowest BCUT2D eigenvalue weighted by molar-refractivity contribution is -0.144. The molecular weight excluding hydrogens is 266 g/mol. The lowest BCUT2D eigenvalue weighted by atomic mass is 10.2. The smallest absolute Gasteiger partial charge is 0.320 e. The summed E-state index contributed by atoms with van der Waals surface area (Å²) in [4.78, 5) is 13.9.